The molecule has 0 amide bonds. The fraction of sp³-hybridized carbons (Fsp3) is 0.565. The molecule has 5 nitrogen and oxygen atoms in total. The minimum absolute atomic E-state index is 0.543. The third-order valence-electron chi connectivity index (χ3n) is 7.37. The summed E-state index contributed by atoms with van der Waals surface area (Å²) in [7, 11) is 4.31. The number of likely N-dealkylation sites (tertiary alicyclic amines) is 2. The van der Waals surface area contributed by atoms with Crippen LogP contribution in [-0.4, -0.2) is 66.1 Å². The first-order chi connectivity index (χ1) is 13.5. The Balaban J connectivity index is 1.48. The molecule has 4 aliphatic rings. The number of hydrogen-bond donors (Lipinski definition) is 0. The van der Waals surface area contributed by atoms with Gasteiger partial charge in [0.2, 0.25) is 0 Å². The van der Waals surface area contributed by atoms with Crippen molar-refractivity contribution in [3.63, 3.8) is 0 Å². The predicted molar refractivity (Wildman–Crippen MR) is 115 cm³/mol. The lowest BCUT2D eigenvalue weighted by Crippen LogP contribution is -2.51. The van der Waals surface area contributed by atoms with Crippen LogP contribution < -0.4 is 0 Å². The molecule has 1 aromatic rings. The number of nitrogens with zero attached hydrogens (tertiary/aromatic N) is 5. The zero-order valence-electron chi connectivity index (χ0n) is 17.4. The van der Waals surface area contributed by atoms with E-state index in [-0.39, 0.29) is 0 Å². The van der Waals surface area contributed by atoms with Crippen LogP contribution in [0.1, 0.15) is 41.5 Å². The van der Waals surface area contributed by atoms with Gasteiger partial charge in [0.05, 0.1) is 5.70 Å². The second-order valence-corrected chi connectivity index (χ2v) is 8.94. The van der Waals surface area contributed by atoms with Gasteiger partial charge in [0.15, 0.2) is 11.7 Å². The number of amidine groups is 2. The van der Waals surface area contributed by atoms with Gasteiger partial charge in [0.25, 0.3) is 0 Å². The minimum Gasteiger partial charge on any atom is -0.349 e. The van der Waals surface area contributed by atoms with Crippen LogP contribution in [0, 0.1) is 12.8 Å². The Kier molecular flexibility index (Phi) is 4.31. The standard InChI is InChI=1S/C23H31N5/c1-15-19-7-5-6-17(19)8-9-20(15)23-25-24-22(16(2)27(23)4)28-13-11-18-10-12-26(3)14-21(18)28/h8-9,18,21H,2,5-7,10-14H2,1,3-4H3. The van der Waals surface area contributed by atoms with Crippen LogP contribution in [0.2, 0.25) is 0 Å². The van der Waals surface area contributed by atoms with E-state index in [2.05, 4.69) is 54.4 Å². The summed E-state index contributed by atoms with van der Waals surface area (Å²) in [4.78, 5) is 7.05. The van der Waals surface area contributed by atoms with E-state index in [0.717, 1.165) is 36.4 Å². The fourth-order valence-corrected chi connectivity index (χ4v) is 5.61. The van der Waals surface area contributed by atoms with Crippen LogP contribution in [0.15, 0.2) is 34.6 Å². The van der Waals surface area contributed by atoms with Crippen molar-refractivity contribution in [3.05, 3.63) is 46.7 Å². The van der Waals surface area contributed by atoms with Crippen LogP contribution in [0.25, 0.3) is 0 Å². The number of hydrogen-bond acceptors (Lipinski definition) is 5. The summed E-state index contributed by atoms with van der Waals surface area (Å²) in [6.07, 6.45) is 6.21. The van der Waals surface area contributed by atoms with Gasteiger partial charge in [-0.1, -0.05) is 18.7 Å². The highest BCUT2D eigenvalue weighted by molar-refractivity contribution is 6.10. The zero-order valence-corrected chi connectivity index (χ0v) is 17.4. The first-order valence-corrected chi connectivity index (χ1v) is 10.7. The maximum absolute atomic E-state index is 4.72. The highest BCUT2D eigenvalue weighted by Gasteiger charge is 2.41. The molecule has 0 aromatic heterocycles. The van der Waals surface area contributed by atoms with Crippen molar-refractivity contribution in [2.75, 3.05) is 33.7 Å². The monoisotopic (exact) mass is 377 g/mol. The lowest BCUT2D eigenvalue weighted by atomic mass is 9.92. The summed E-state index contributed by atoms with van der Waals surface area (Å²) in [5.74, 6) is 2.67. The summed E-state index contributed by atoms with van der Waals surface area (Å²) in [6, 6.07) is 5.05. The minimum atomic E-state index is 0.543. The number of rotatable bonds is 1. The number of likely N-dealkylation sites (N-methyl/N-ethyl adjacent to an activating group) is 2. The number of fused-ring (bicyclic) bond motifs is 2. The molecule has 0 saturated carbocycles. The molecule has 0 radical (unpaired) electrons. The Labute approximate surface area is 168 Å². The largest absolute Gasteiger partial charge is 0.349 e. The molecule has 2 fully saturated rings. The maximum Gasteiger partial charge on any atom is 0.174 e. The number of aryl methyl sites for hydroxylation is 1. The van der Waals surface area contributed by atoms with Gasteiger partial charge in [0, 0.05) is 31.7 Å². The Morgan fingerprint density at radius 3 is 2.68 bits per heavy atom. The molecule has 2 saturated heterocycles. The molecule has 28 heavy (non-hydrogen) atoms. The van der Waals surface area contributed by atoms with Gasteiger partial charge in [-0.3, -0.25) is 0 Å². The van der Waals surface area contributed by atoms with E-state index in [1.54, 1.807) is 0 Å². The molecule has 0 bridgehead atoms. The molecule has 1 aromatic carbocycles. The third-order valence-corrected chi connectivity index (χ3v) is 7.37. The Hall–Kier alpha value is -2.14. The van der Waals surface area contributed by atoms with E-state index in [1.807, 2.05) is 0 Å². The second-order valence-electron chi connectivity index (χ2n) is 8.94. The molecule has 1 aliphatic carbocycles. The average Bonchev–Trinajstić information content (AvgIpc) is 3.32. The van der Waals surface area contributed by atoms with E-state index < -0.39 is 0 Å². The summed E-state index contributed by atoms with van der Waals surface area (Å²) in [5, 5.41) is 9.44. The molecule has 2 unspecified atom stereocenters. The van der Waals surface area contributed by atoms with E-state index in [1.165, 1.54) is 60.9 Å². The van der Waals surface area contributed by atoms with Gasteiger partial charge in [0.1, 0.15) is 0 Å². The Morgan fingerprint density at radius 1 is 1.04 bits per heavy atom. The van der Waals surface area contributed by atoms with E-state index in [9.17, 15) is 0 Å². The molecule has 0 spiro atoms. The second kappa shape index (κ2) is 6.73. The third kappa shape index (κ3) is 2.71. The van der Waals surface area contributed by atoms with E-state index >= 15 is 0 Å². The van der Waals surface area contributed by atoms with Crippen LogP contribution in [0.3, 0.4) is 0 Å². The van der Waals surface area contributed by atoms with Crippen molar-refractivity contribution < 1.29 is 0 Å². The first kappa shape index (κ1) is 17.9. The highest BCUT2D eigenvalue weighted by atomic mass is 15.4. The normalized spacial score (nSPS) is 27.6. The SMILES string of the molecule is C=C1C(N2CCC3CCN(C)CC32)=NN=C(c2ccc3c(c2C)CCC3)N1C. The Morgan fingerprint density at radius 2 is 1.82 bits per heavy atom. The summed E-state index contributed by atoms with van der Waals surface area (Å²) >= 11 is 0. The van der Waals surface area contributed by atoms with Crippen LogP contribution in [0.4, 0.5) is 0 Å². The topological polar surface area (TPSA) is 34.4 Å². The van der Waals surface area contributed by atoms with Gasteiger partial charge < -0.3 is 14.7 Å². The van der Waals surface area contributed by atoms with Crippen molar-refractivity contribution in [3.8, 4) is 0 Å². The van der Waals surface area contributed by atoms with Crippen LogP contribution >= 0.6 is 0 Å². The zero-order chi connectivity index (χ0) is 19.4. The van der Waals surface area contributed by atoms with Crippen molar-refractivity contribution >= 4 is 11.7 Å². The molecule has 5 rings (SSSR count). The van der Waals surface area contributed by atoms with Crippen LogP contribution in [0.5, 0.6) is 0 Å². The van der Waals surface area contributed by atoms with Crippen molar-refractivity contribution in [1.29, 1.82) is 0 Å². The van der Waals surface area contributed by atoms with Crippen LogP contribution in [-0.2, 0) is 12.8 Å². The molecular weight excluding hydrogens is 346 g/mol. The molecule has 2 atom stereocenters. The van der Waals surface area contributed by atoms with Gasteiger partial charge in [-0.2, -0.15) is 0 Å². The van der Waals surface area contributed by atoms with Crippen molar-refractivity contribution in [2.45, 2.75) is 45.1 Å². The van der Waals surface area contributed by atoms with Gasteiger partial charge in [-0.15, -0.1) is 10.2 Å². The Bertz CT molecular complexity index is 883. The van der Waals surface area contributed by atoms with Gasteiger partial charge >= 0.3 is 0 Å². The quantitative estimate of drug-likeness (QED) is 0.754. The maximum atomic E-state index is 4.72. The number of benzene rings is 1. The first-order valence-electron chi connectivity index (χ1n) is 10.7. The molecule has 148 valence electrons. The number of piperidine rings is 1. The molecule has 0 N–H and O–H groups in total. The summed E-state index contributed by atoms with van der Waals surface area (Å²) in [5.41, 5.74) is 6.55. The molecule has 3 heterocycles. The molecule has 5 heteroatoms. The molecule has 3 aliphatic heterocycles. The average molecular weight is 378 g/mol. The smallest absolute Gasteiger partial charge is 0.174 e. The van der Waals surface area contributed by atoms with E-state index in [4.69, 9.17) is 10.2 Å². The lowest BCUT2D eigenvalue weighted by Gasteiger charge is -2.39. The van der Waals surface area contributed by atoms with Gasteiger partial charge in [-0.05, 0) is 75.2 Å². The highest BCUT2D eigenvalue weighted by Crippen LogP contribution is 2.34. The summed E-state index contributed by atoms with van der Waals surface area (Å²) in [6.45, 7) is 10.0. The van der Waals surface area contributed by atoms with Crippen molar-refractivity contribution in [1.82, 2.24) is 14.7 Å². The fourth-order valence-electron chi connectivity index (χ4n) is 5.61. The van der Waals surface area contributed by atoms with Gasteiger partial charge in [-0.25, -0.2) is 0 Å². The van der Waals surface area contributed by atoms with Crippen molar-refractivity contribution in [2.24, 2.45) is 16.1 Å². The predicted octanol–water partition coefficient (Wildman–Crippen LogP) is 3.03. The summed E-state index contributed by atoms with van der Waals surface area (Å²) < 4.78 is 0. The lowest BCUT2D eigenvalue weighted by molar-refractivity contribution is 0.160. The van der Waals surface area contributed by atoms with E-state index in [0.29, 0.717) is 6.04 Å². The molecular formula is C23H31N5.